The zero-order valence-electron chi connectivity index (χ0n) is 20.0. The fraction of sp³-hybridized carbons (Fsp3) is 0.708. The summed E-state index contributed by atoms with van der Waals surface area (Å²) in [5, 5.41) is 0. The Hall–Kier alpha value is -2.31. The van der Waals surface area contributed by atoms with Gasteiger partial charge in [0.05, 0.1) is 24.2 Å². The van der Waals surface area contributed by atoms with E-state index < -0.39 is 5.60 Å². The molecule has 0 saturated heterocycles. The van der Waals surface area contributed by atoms with Gasteiger partial charge in [-0.3, -0.25) is 0 Å². The van der Waals surface area contributed by atoms with E-state index in [4.69, 9.17) is 9.47 Å². The van der Waals surface area contributed by atoms with Gasteiger partial charge in [0.25, 0.3) is 0 Å². The Bertz CT molecular complexity index is 755. The van der Waals surface area contributed by atoms with Gasteiger partial charge in [0.2, 0.25) is 0 Å². The molecule has 7 nitrogen and oxygen atoms in total. The minimum absolute atomic E-state index is 0.318. The van der Waals surface area contributed by atoms with Gasteiger partial charge in [-0.1, -0.05) is 13.0 Å². The lowest BCUT2D eigenvalue weighted by molar-refractivity contribution is -0.136. The van der Waals surface area contributed by atoms with Crippen LogP contribution in [0.2, 0.25) is 0 Å². The predicted octanol–water partition coefficient (Wildman–Crippen LogP) is 5.23. The average Bonchev–Trinajstić information content (AvgIpc) is 3.16. The molecule has 174 valence electrons. The Kier molecular flexibility index (Phi) is 9.14. The molecule has 1 aliphatic rings. The highest BCUT2D eigenvalue weighted by Gasteiger charge is 2.22. The zero-order chi connectivity index (χ0) is 23.0. The first-order valence-electron chi connectivity index (χ1n) is 11.5. The van der Waals surface area contributed by atoms with Gasteiger partial charge < -0.3 is 18.9 Å². The van der Waals surface area contributed by atoms with Crippen LogP contribution < -0.4 is 0 Å². The van der Waals surface area contributed by atoms with Crippen molar-refractivity contribution in [3.63, 3.8) is 0 Å². The highest BCUT2D eigenvalue weighted by molar-refractivity contribution is 6.15. The number of nitrogens with zero attached hydrogens (tertiary/aromatic N) is 3. The number of esters is 1. The van der Waals surface area contributed by atoms with Crippen LogP contribution in [0.5, 0.6) is 0 Å². The summed E-state index contributed by atoms with van der Waals surface area (Å²) >= 11 is 0. The number of carbonyl (C=O) groups excluding carboxylic acids is 2. The molecule has 0 atom stereocenters. The SMILES string of the molecule is CCOC(=O)/C(=C\CCCN(C)C(=O)OC(C)(C)C)c1cn([C@H]2CC[C@H](C)CC2)cn1. The largest absolute Gasteiger partial charge is 0.462 e. The van der Waals surface area contributed by atoms with Crippen molar-refractivity contribution in [2.75, 3.05) is 20.2 Å². The predicted molar refractivity (Wildman–Crippen MR) is 122 cm³/mol. The molecule has 1 aromatic heterocycles. The van der Waals surface area contributed by atoms with E-state index in [1.807, 2.05) is 39.4 Å². The highest BCUT2D eigenvalue weighted by Crippen LogP contribution is 2.32. The molecule has 1 heterocycles. The summed E-state index contributed by atoms with van der Waals surface area (Å²) < 4.78 is 12.8. The van der Waals surface area contributed by atoms with Gasteiger partial charge in [-0.05, 0) is 72.1 Å². The smallest absolute Gasteiger partial charge is 0.410 e. The molecule has 0 radical (unpaired) electrons. The van der Waals surface area contributed by atoms with E-state index in [9.17, 15) is 9.59 Å². The van der Waals surface area contributed by atoms with E-state index in [1.54, 1.807) is 18.9 Å². The van der Waals surface area contributed by atoms with Crippen molar-refractivity contribution in [1.29, 1.82) is 0 Å². The normalized spacial score (nSPS) is 19.7. The first-order valence-corrected chi connectivity index (χ1v) is 11.5. The van der Waals surface area contributed by atoms with E-state index >= 15 is 0 Å². The molecule has 0 unspecified atom stereocenters. The third kappa shape index (κ3) is 8.04. The quantitative estimate of drug-likeness (QED) is 0.319. The topological polar surface area (TPSA) is 73.7 Å². The molecular weight excluding hydrogens is 394 g/mol. The fourth-order valence-corrected chi connectivity index (χ4v) is 3.72. The van der Waals surface area contributed by atoms with Crippen LogP contribution in [0.3, 0.4) is 0 Å². The Morgan fingerprint density at radius 2 is 1.94 bits per heavy atom. The van der Waals surface area contributed by atoms with Gasteiger partial charge in [-0.2, -0.15) is 0 Å². The molecule has 1 aromatic rings. The summed E-state index contributed by atoms with van der Waals surface area (Å²) in [6, 6.07) is 0.448. The van der Waals surface area contributed by atoms with Gasteiger partial charge in [0.15, 0.2) is 0 Å². The molecule has 0 bridgehead atoms. The standard InChI is InChI=1S/C24H39N3O4/c1-7-30-22(28)20(10-8-9-15-26(6)23(29)31-24(3,4)5)21-16-27(17-25-21)19-13-11-18(2)12-14-19/h10,16-19H,7-9,11-15H2,1-6H3/b20-10-/t18-,19-. The molecule has 0 N–H and O–H groups in total. The fourth-order valence-electron chi connectivity index (χ4n) is 3.72. The van der Waals surface area contributed by atoms with E-state index in [0.29, 0.717) is 43.3 Å². The summed E-state index contributed by atoms with van der Waals surface area (Å²) in [5.41, 5.74) is 0.625. The summed E-state index contributed by atoms with van der Waals surface area (Å²) in [7, 11) is 1.72. The van der Waals surface area contributed by atoms with Crippen molar-refractivity contribution in [1.82, 2.24) is 14.5 Å². The van der Waals surface area contributed by atoms with Crippen LogP contribution in [0.1, 0.15) is 84.9 Å². The van der Waals surface area contributed by atoms with Crippen molar-refractivity contribution in [2.45, 2.75) is 84.8 Å². The summed E-state index contributed by atoms with van der Waals surface area (Å²) in [5.74, 6) is 0.429. The summed E-state index contributed by atoms with van der Waals surface area (Å²) in [6.45, 7) is 10.5. The highest BCUT2D eigenvalue weighted by atomic mass is 16.6. The molecule has 0 aromatic carbocycles. The van der Waals surface area contributed by atoms with Crippen molar-refractivity contribution in [2.24, 2.45) is 5.92 Å². The summed E-state index contributed by atoms with van der Waals surface area (Å²) in [4.78, 5) is 30.7. The Morgan fingerprint density at radius 1 is 1.26 bits per heavy atom. The van der Waals surface area contributed by atoms with E-state index in [1.165, 1.54) is 12.8 Å². The lowest BCUT2D eigenvalue weighted by Crippen LogP contribution is -2.34. The van der Waals surface area contributed by atoms with Crippen molar-refractivity contribution in [3.05, 3.63) is 24.3 Å². The first kappa shape index (κ1) is 25.0. The van der Waals surface area contributed by atoms with Crippen LogP contribution in [-0.2, 0) is 14.3 Å². The van der Waals surface area contributed by atoms with Crippen molar-refractivity contribution < 1.29 is 19.1 Å². The Labute approximate surface area is 186 Å². The number of amides is 1. The van der Waals surface area contributed by atoms with Gasteiger partial charge >= 0.3 is 12.1 Å². The minimum Gasteiger partial charge on any atom is -0.462 e. The van der Waals surface area contributed by atoms with E-state index in [-0.39, 0.29) is 12.1 Å². The molecular formula is C24H39N3O4. The van der Waals surface area contributed by atoms with Gasteiger partial charge in [-0.25, -0.2) is 14.6 Å². The molecule has 1 aliphatic carbocycles. The third-order valence-corrected chi connectivity index (χ3v) is 5.53. The van der Waals surface area contributed by atoms with Crippen LogP contribution in [-0.4, -0.2) is 52.3 Å². The number of ether oxygens (including phenoxy) is 2. The second-order valence-electron chi connectivity index (χ2n) is 9.50. The number of hydrogen-bond acceptors (Lipinski definition) is 5. The number of hydrogen-bond donors (Lipinski definition) is 0. The first-order chi connectivity index (χ1) is 14.6. The van der Waals surface area contributed by atoms with Gasteiger partial charge in [0, 0.05) is 25.8 Å². The van der Waals surface area contributed by atoms with Gasteiger partial charge in [-0.15, -0.1) is 0 Å². The second kappa shape index (κ2) is 11.3. The maximum Gasteiger partial charge on any atom is 0.410 e. The van der Waals surface area contributed by atoms with Gasteiger partial charge in [0.1, 0.15) is 5.60 Å². The van der Waals surface area contributed by atoms with Crippen LogP contribution in [0, 0.1) is 5.92 Å². The second-order valence-corrected chi connectivity index (χ2v) is 9.50. The van der Waals surface area contributed by atoms with Crippen LogP contribution in [0.15, 0.2) is 18.6 Å². The molecule has 2 rings (SSSR count). The van der Waals surface area contributed by atoms with Crippen molar-refractivity contribution >= 4 is 17.6 Å². The number of carbonyl (C=O) groups is 2. The number of imidazole rings is 1. The maximum atomic E-state index is 12.5. The van der Waals surface area contributed by atoms with Crippen LogP contribution in [0.25, 0.3) is 5.57 Å². The molecule has 31 heavy (non-hydrogen) atoms. The number of unbranched alkanes of at least 4 members (excludes halogenated alkanes) is 1. The number of aromatic nitrogens is 2. The Balaban J connectivity index is 2.00. The molecule has 1 saturated carbocycles. The molecule has 1 fully saturated rings. The zero-order valence-corrected chi connectivity index (χ0v) is 20.0. The van der Waals surface area contributed by atoms with Crippen LogP contribution in [0.4, 0.5) is 4.79 Å². The maximum absolute atomic E-state index is 12.5. The third-order valence-electron chi connectivity index (χ3n) is 5.53. The van der Waals surface area contributed by atoms with E-state index in [2.05, 4.69) is 16.5 Å². The Morgan fingerprint density at radius 3 is 2.55 bits per heavy atom. The molecule has 0 spiro atoms. The van der Waals surface area contributed by atoms with Crippen molar-refractivity contribution in [3.8, 4) is 0 Å². The molecule has 0 aliphatic heterocycles. The molecule has 1 amide bonds. The van der Waals surface area contributed by atoms with E-state index in [0.717, 1.165) is 18.8 Å². The summed E-state index contributed by atoms with van der Waals surface area (Å²) in [6.07, 6.45) is 11.4. The monoisotopic (exact) mass is 433 g/mol. The average molecular weight is 434 g/mol. The minimum atomic E-state index is -0.516. The lowest BCUT2D eigenvalue weighted by Gasteiger charge is -2.26. The van der Waals surface area contributed by atoms with Crippen LogP contribution >= 0.6 is 0 Å². The lowest BCUT2D eigenvalue weighted by atomic mass is 9.87. The number of allylic oxidation sites excluding steroid dienone is 1. The molecule has 7 heteroatoms. The number of rotatable bonds is 8.